The highest BCUT2D eigenvalue weighted by molar-refractivity contribution is 7.13. The molecule has 2 heterocycles. The van der Waals surface area contributed by atoms with Gasteiger partial charge in [0, 0.05) is 11.4 Å². The molecule has 0 fully saturated rings. The molecular formula is C13H18N4OS. The third-order valence-electron chi connectivity index (χ3n) is 2.78. The Hall–Kier alpha value is -1.69. The van der Waals surface area contributed by atoms with Crippen LogP contribution in [0.2, 0.25) is 0 Å². The van der Waals surface area contributed by atoms with Crippen LogP contribution in [0.4, 0.5) is 0 Å². The van der Waals surface area contributed by atoms with E-state index in [1.54, 1.807) is 0 Å². The van der Waals surface area contributed by atoms with Gasteiger partial charge >= 0.3 is 0 Å². The fourth-order valence-electron chi connectivity index (χ4n) is 1.88. The van der Waals surface area contributed by atoms with Crippen LogP contribution in [0.1, 0.15) is 46.7 Å². The predicted octanol–water partition coefficient (Wildman–Crippen LogP) is 2.55. The molecule has 0 spiro atoms. The molecule has 5 nitrogen and oxygen atoms in total. The van der Waals surface area contributed by atoms with E-state index in [9.17, 15) is 4.79 Å². The minimum Gasteiger partial charge on any atom is -0.342 e. The van der Waals surface area contributed by atoms with Crippen molar-refractivity contribution in [3.8, 4) is 0 Å². The molecule has 2 aromatic heterocycles. The van der Waals surface area contributed by atoms with E-state index in [1.807, 2.05) is 30.7 Å². The largest absolute Gasteiger partial charge is 0.342 e. The zero-order valence-electron chi connectivity index (χ0n) is 11.4. The molecule has 0 radical (unpaired) electrons. The van der Waals surface area contributed by atoms with Crippen molar-refractivity contribution in [2.75, 3.05) is 0 Å². The highest BCUT2D eigenvalue weighted by Crippen LogP contribution is 2.17. The first kappa shape index (κ1) is 13.7. The molecule has 6 heteroatoms. The number of nitrogens with one attached hydrogen (secondary N) is 1. The van der Waals surface area contributed by atoms with Gasteiger partial charge in [-0.15, -0.1) is 11.3 Å². The lowest BCUT2D eigenvalue weighted by molar-refractivity contribution is 0.0941. The summed E-state index contributed by atoms with van der Waals surface area (Å²) in [6.45, 7) is 6.81. The number of hydrogen-bond donors (Lipinski definition) is 1. The molecule has 0 saturated heterocycles. The number of rotatable bonds is 5. The average Bonchev–Trinajstić information content (AvgIpc) is 2.98. The summed E-state index contributed by atoms with van der Waals surface area (Å²) < 4.78 is 1.84. The number of nitrogens with zero attached hydrogens (tertiary/aromatic N) is 3. The van der Waals surface area contributed by atoms with Gasteiger partial charge in [-0.3, -0.25) is 4.79 Å². The molecule has 0 unspecified atom stereocenters. The van der Waals surface area contributed by atoms with Gasteiger partial charge in [-0.25, -0.2) is 9.67 Å². The van der Waals surface area contributed by atoms with Gasteiger partial charge in [0.15, 0.2) is 0 Å². The summed E-state index contributed by atoms with van der Waals surface area (Å²) in [5.74, 6) is 0.736. The van der Waals surface area contributed by atoms with Crippen molar-refractivity contribution in [2.45, 2.75) is 39.8 Å². The van der Waals surface area contributed by atoms with Crippen LogP contribution in [0.15, 0.2) is 18.5 Å². The molecule has 1 atom stereocenters. The van der Waals surface area contributed by atoms with Crippen molar-refractivity contribution in [2.24, 2.45) is 0 Å². The topological polar surface area (TPSA) is 59.8 Å². The van der Waals surface area contributed by atoms with Gasteiger partial charge in [-0.05, 0) is 32.4 Å². The van der Waals surface area contributed by atoms with E-state index in [1.165, 1.54) is 17.7 Å². The summed E-state index contributed by atoms with van der Waals surface area (Å²) in [6.07, 6.45) is 2.52. The summed E-state index contributed by atoms with van der Waals surface area (Å²) in [5, 5.41) is 7.13. The Morgan fingerprint density at radius 3 is 2.95 bits per heavy atom. The average molecular weight is 278 g/mol. The van der Waals surface area contributed by atoms with E-state index in [4.69, 9.17) is 0 Å². The zero-order chi connectivity index (χ0) is 13.8. The maximum atomic E-state index is 12.1. The van der Waals surface area contributed by atoms with E-state index in [0.29, 0.717) is 0 Å². The molecule has 0 bridgehead atoms. The lowest BCUT2D eigenvalue weighted by atomic mass is 10.3. The molecule has 0 aliphatic rings. The number of thiophene rings is 1. The molecule has 0 aromatic carbocycles. The van der Waals surface area contributed by atoms with Crippen LogP contribution in [0.3, 0.4) is 0 Å². The molecule has 0 aliphatic heterocycles. The Kier molecular flexibility index (Phi) is 4.31. The number of amides is 1. The maximum absolute atomic E-state index is 12.1. The number of carbonyl (C=O) groups is 1. The van der Waals surface area contributed by atoms with Crippen molar-refractivity contribution in [3.63, 3.8) is 0 Å². The minimum atomic E-state index is -0.149. The third-order valence-corrected chi connectivity index (χ3v) is 3.78. The highest BCUT2D eigenvalue weighted by atomic mass is 32.1. The summed E-state index contributed by atoms with van der Waals surface area (Å²) >= 11 is 1.49. The molecule has 102 valence electrons. The summed E-state index contributed by atoms with van der Waals surface area (Å²) in [4.78, 5) is 18.2. The van der Waals surface area contributed by atoms with E-state index in [0.717, 1.165) is 28.5 Å². The molecule has 19 heavy (non-hydrogen) atoms. The van der Waals surface area contributed by atoms with Gasteiger partial charge in [-0.1, -0.05) is 6.92 Å². The predicted molar refractivity (Wildman–Crippen MR) is 75.3 cm³/mol. The van der Waals surface area contributed by atoms with E-state index in [-0.39, 0.29) is 11.9 Å². The summed E-state index contributed by atoms with van der Waals surface area (Å²) in [5.41, 5.74) is 0. The standard InChI is InChI=1S/C13H18N4OS/c1-4-7-17-12(14-8-15-17)10(3)16-13(18)11-6-5-9(2)19-11/h5-6,8,10H,4,7H2,1-3H3,(H,16,18)/t10-/m1/s1. The Bertz CT molecular complexity index is 560. The highest BCUT2D eigenvalue weighted by Gasteiger charge is 2.17. The van der Waals surface area contributed by atoms with Gasteiger partial charge < -0.3 is 5.32 Å². The fourth-order valence-corrected chi connectivity index (χ4v) is 2.65. The maximum Gasteiger partial charge on any atom is 0.261 e. The van der Waals surface area contributed by atoms with Gasteiger partial charge in [0.1, 0.15) is 12.2 Å². The smallest absolute Gasteiger partial charge is 0.261 e. The first-order valence-electron chi connectivity index (χ1n) is 6.36. The lowest BCUT2D eigenvalue weighted by Crippen LogP contribution is -2.28. The second-order valence-electron chi connectivity index (χ2n) is 4.45. The van der Waals surface area contributed by atoms with Crippen LogP contribution in [0.5, 0.6) is 0 Å². The molecule has 1 amide bonds. The van der Waals surface area contributed by atoms with Crippen molar-refractivity contribution in [1.82, 2.24) is 20.1 Å². The van der Waals surface area contributed by atoms with Gasteiger partial charge in [0.25, 0.3) is 5.91 Å². The van der Waals surface area contributed by atoms with Gasteiger partial charge in [0.05, 0.1) is 10.9 Å². The molecule has 0 aliphatic carbocycles. The summed E-state index contributed by atoms with van der Waals surface area (Å²) in [6, 6.07) is 3.65. The normalized spacial score (nSPS) is 12.4. The second-order valence-corrected chi connectivity index (χ2v) is 5.73. The molecule has 1 N–H and O–H groups in total. The Morgan fingerprint density at radius 2 is 2.32 bits per heavy atom. The van der Waals surface area contributed by atoms with Crippen LogP contribution in [0.25, 0.3) is 0 Å². The molecule has 0 saturated carbocycles. The minimum absolute atomic E-state index is 0.0587. The molecule has 2 aromatic rings. The zero-order valence-corrected chi connectivity index (χ0v) is 12.2. The lowest BCUT2D eigenvalue weighted by Gasteiger charge is -2.13. The van der Waals surface area contributed by atoms with Crippen LogP contribution in [-0.2, 0) is 6.54 Å². The molecule has 2 rings (SSSR count). The van der Waals surface area contributed by atoms with Crippen LogP contribution in [0, 0.1) is 6.92 Å². The first-order valence-corrected chi connectivity index (χ1v) is 7.18. The second kappa shape index (κ2) is 5.97. The Labute approximate surface area is 116 Å². The van der Waals surface area contributed by atoms with E-state index in [2.05, 4.69) is 22.3 Å². The third kappa shape index (κ3) is 3.20. The van der Waals surface area contributed by atoms with Gasteiger partial charge in [0.2, 0.25) is 0 Å². The SMILES string of the molecule is CCCn1ncnc1[C@@H](C)NC(=O)c1ccc(C)s1. The number of hydrogen-bond acceptors (Lipinski definition) is 4. The van der Waals surface area contributed by atoms with E-state index < -0.39 is 0 Å². The van der Waals surface area contributed by atoms with Crippen LogP contribution < -0.4 is 5.32 Å². The number of aromatic nitrogens is 3. The number of aryl methyl sites for hydroxylation is 2. The van der Waals surface area contributed by atoms with Crippen molar-refractivity contribution >= 4 is 17.2 Å². The van der Waals surface area contributed by atoms with Crippen molar-refractivity contribution < 1.29 is 4.79 Å². The van der Waals surface area contributed by atoms with E-state index >= 15 is 0 Å². The van der Waals surface area contributed by atoms with Crippen molar-refractivity contribution in [1.29, 1.82) is 0 Å². The number of carbonyl (C=O) groups excluding carboxylic acids is 1. The van der Waals surface area contributed by atoms with Crippen molar-refractivity contribution in [3.05, 3.63) is 34.0 Å². The van der Waals surface area contributed by atoms with Gasteiger partial charge in [-0.2, -0.15) is 5.10 Å². The summed E-state index contributed by atoms with van der Waals surface area (Å²) in [7, 11) is 0. The first-order chi connectivity index (χ1) is 9.11. The fraction of sp³-hybridized carbons (Fsp3) is 0.462. The monoisotopic (exact) mass is 278 g/mol. The quantitative estimate of drug-likeness (QED) is 0.914. The Morgan fingerprint density at radius 1 is 1.53 bits per heavy atom. The Balaban J connectivity index is 2.06. The van der Waals surface area contributed by atoms with Crippen LogP contribution in [-0.4, -0.2) is 20.7 Å². The van der Waals surface area contributed by atoms with Crippen LogP contribution >= 0.6 is 11.3 Å². The molecular weight excluding hydrogens is 260 g/mol.